The van der Waals surface area contributed by atoms with E-state index >= 15 is 0 Å². The van der Waals surface area contributed by atoms with Gasteiger partial charge in [-0.2, -0.15) is 0 Å². The monoisotopic (exact) mass is 139 g/mol. The van der Waals surface area contributed by atoms with Gasteiger partial charge in [0.25, 0.3) is 5.56 Å². The molecule has 0 fully saturated rings. The number of nitrogens with zero attached hydrogens (tertiary/aromatic N) is 1. The van der Waals surface area contributed by atoms with Crippen molar-refractivity contribution in [1.29, 1.82) is 0 Å². The van der Waals surface area contributed by atoms with Gasteiger partial charge >= 0.3 is 0 Å². The van der Waals surface area contributed by atoms with Gasteiger partial charge in [-0.05, 0) is 0 Å². The standard InChI is InChI=1S/C5H5N3O2/c9-4-3-1-8-10-5(3)7-2-6-4/h2,8H,1H2,(H,6,7,9). The summed E-state index contributed by atoms with van der Waals surface area (Å²) in [5.74, 6) is 0.378. The van der Waals surface area contributed by atoms with Crippen molar-refractivity contribution in [2.45, 2.75) is 6.54 Å². The number of hydrogen-bond acceptors (Lipinski definition) is 4. The zero-order valence-corrected chi connectivity index (χ0v) is 5.05. The highest BCUT2D eigenvalue weighted by Gasteiger charge is 2.15. The van der Waals surface area contributed by atoms with Crippen LogP contribution in [0.15, 0.2) is 11.1 Å². The fourth-order valence-electron chi connectivity index (χ4n) is 0.832. The van der Waals surface area contributed by atoms with Crippen molar-refractivity contribution >= 4 is 0 Å². The van der Waals surface area contributed by atoms with Crippen LogP contribution in [0.1, 0.15) is 5.56 Å². The minimum Gasteiger partial charge on any atom is -0.387 e. The van der Waals surface area contributed by atoms with Gasteiger partial charge in [0, 0.05) is 0 Å². The van der Waals surface area contributed by atoms with Crippen LogP contribution in [-0.2, 0) is 6.54 Å². The topological polar surface area (TPSA) is 67.0 Å². The van der Waals surface area contributed by atoms with E-state index in [0.717, 1.165) is 0 Å². The normalized spacial score (nSPS) is 14.4. The maximum absolute atomic E-state index is 10.9. The van der Waals surface area contributed by atoms with Crippen LogP contribution in [0.5, 0.6) is 5.88 Å². The summed E-state index contributed by atoms with van der Waals surface area (Å²) in [5.41, 5.74) is 2.96. The Morgan fingerprint density at radius 3 is 3.40 bits per heavy atom. The molecule has 2 rings (SSSR count). The Balaban J connectivity index is 2.70. The van der Waals surface area contributed by atoms with Gasteiger partial charge in [-0.1, -0.05) is 0 Å². The maximum atomic E-state index is 10.9. The third-order valence-corrected chi connectivity index (χ3v) is 1.33. The van der Waals surface area contributed by atoms with Crippen LogP contribution in [0.4, 0.5) is 0 Å². The third kappa shape index (κ3) is 0.608. The SMILES string of the molecule is O=c1[nH]cnc2c1CNO2. The number of hydroxylamine groups is 1. The average Bonchev–Trinajstić information content (AvgIpc) is 2.36. The zero-order chi connectivity index (χ0) is 6.97. The molecule has 1 aromatic heterocycles. The van der Waals surface area contributed by atoms with Gasteiger partial charge in [-0.15, -0.1) is 5.48 Å². The van der Waals surface area contributed by atoms with Gasteiger partial charge in [0.05, 0.1) is 18.4 Å². The second-order valence-electron chi connectivity index (χ2n) is 1.94. The van der Waals surface area contributed by atoms with Gasteiger partial charge < -0.3 is 9.82 Å². The largest absolute Gasteiger partial charge is 0.387 e. The van der Waals surface area contributed by atoms with Crippen molar-refractivity contribution < 1.29 is 4.84 Å². The molecule has 0 atom stereocenters. The molecule has 0 radical (unpaired) electrons. The number of nitrogens with one attached hydrogen (secondary N) is 2. The van der Waals surface area contributed by atoms with Crippen LogP contribution in [0.25, 0.3) is 0 Å². The molecule has 52 valence electrons. The molecule has 1 aliphatic rings. The molecule has 0 saturated heterocycles. The van der Waals surface area contributed by atoms with Gasteiger partial charge in [-0.3, -0.25) is 4.79 Å². The van der Waals surface area contributed by atoms with Crippen LogP contribution in [0, 0.1) is 0 Å². The summed E-state index contributed by atoms with van der Waals surface area (Å²) in [4.78, 5) is 21.9. The molecule has 2 N–H and O–H groups in total. The van der Waals surface area contributed by atoms with Crippen molar-refractivity contribution in [3.63, 3.8) is 0 Å². The lowest BCUT2D eigenvalue weighted by atomic mass is 10.3. The summed E-state index contributed by atoms with van der Waals surface area (Å²) in [6.07, 6.45) is 1.31. The Hall–Kier alpha value is -1.36. The first kappa shape index (κ1) is 5.43. The van der Waals surface area contributed by atoms with E-state index in [1.165, 1.54) is 6.33 Å². The van der Waals surface area contributed by atoms with Crippen molar-refractivity contribution in [1.82, 2.24) is 15.4 Å². The molecule has 0 aromatic carbocycles. The van der Waals surface area contributed by atoms with Crippen LogP contribution < -0.4 is 15.9 Å². The molecule has 5 heteroatoms. The molecule has 0 aliphatic carbocycles. The third-order valence-electron chi connectivity index (χ3n) is 1.33. The number of hydrogen-bond donors (Lipinski definition) is 2. The molecule has 1 aromatic rings. The summed E-state index contributed by atoms with van der Waals surface area (Å²) < 4.78 is 0. The molecule has 5 nitrogen and oxygen atoms in total. The average molecular weight is 139 g/mol. The summed E-state index contributed by atoms with van der Waals surface area (Å²) in [5, 5.41) is 0. The maximum Gasteiger partial charge on any atom is 0.259 e. The van der Waals surface area contributed by atoms with Gasteiger partial charge in [0.15, 0.2) is 0 Å². The van der Waals surface area contributed by atoms with Gasteiger partial charge in [-0.25, -0.2) is 4.98 Å². The molecular formula is C5H5N3O2. The Kier molecular flexibility index (Phi) is 0.983. The van der Waals surface area contributed by atoms with Crippen molar-refractivity contribution in [3.8, 4) is 5.88 Å². The molecule has 0 bridgehead atoms. The van der Waals surface area contributed by atoms with Gasteiger partial charge in [0.1, 0.15) is 0 Å². The van der Waals surface area contributed by atoms with Crippen LogP contribution in [-0.4, -0.2) is 9.97 Å². The zero-order valence-electron chi connectivity index (χ0n) is 5.05. The van der Waals surface area contributed by atoms with Gasteiger partial charge in [0.2, 0.25) is 5.88 Å². The molecule has 0 saturated carbocycles. The number of rotatable bonds is 0. The molecule has 0 unspecified atom stereocenters. The Labute approximate surface area is 56.0 Å². The second kappa shape index (κ2) is 1.81. The second-order valence-corrected chi connectivity index (χ2v) is 1.94. The number of aromatic nitrogens is 2. The van der Waals surface area contributed by atoms with E-state index < -0.39 is 0 Å². The first-order valence-corrected chi connectivity index (χ1v) is 2.84. The predicted molar refractivity (Wildman–Crippen MR) is 32.3 cm³/mol. The summed E-state index contributed by atoms with van der Waals surface area (Å²) in [6.45, 7) is 0.429. The van der Waals surface area contributed by atoms with Crippen LogP contribution in [0.3, 0.4) is 0 Å². The molecule has 1 aliphatic heterocycles. The number of H-pyrrole nitrogens is 1. The summed E-state index contributed by atoms with van der Waals surface area (Å²) in [6, 6.07) is 0. The first-order chi connectivity index (χ1) is 4.88. The van der Waals surface area contributed by atoms with E-state index in [1.54, 1.807) is 0 Å². The molecule has 2 heterocycles. The molecule has 10 heavy (non-hydrogen) atoms. The van der Waals surface area contributed by atoms with Crippen LogP contribution in [0.2, 0.25) is 0 Å². The Morgan fingerprint density at radius 1 is 1.70 bits per heavy atom. The summed E-state index contributed by atoms with van der Waals surface area (Å²) >= 11 is 0. The van der Waals surface area contributed by atoms with E-state index in [-0.39, 0.29) is 5.56 Å². The minimum absolute atomic E-state index is 0.144. The predicted octanol–water partition coefficient (Wildman–Crippen LogP) is -0.833. The van der Waals surface area contributed by atoms with Crippen molar-refractivity contribution in [2.24, 2.45) is 0 Å². The molecule has 0 amide bonds. The smallest absolute Gasteiger partial charge is 0.259 e. The van der Waals surface area contributed by atoms with Crippen molar-refractivity contribution in [2.75, 3.05) is 0 Å². The highest BCUT2D eigenvalue weighted by molar-refractivity contribution is 5.24. The molecule has 0 spiro atoms. The highest BCUT2D eigenvalue weighted by atomic mass is 16.7. The van der Waals surface area contributed by atoms with E-state index in [0.29, 0.717) is 18.0 Å². The fourth-order valence-corrected chi connectivity index (χ4v) is 0.832. The van der Waals surface area contributed by atoms with E-state index in [4.69, 9.17) is 4.84 Å². The van der Waals surface area contributed by atoms with E-state index in [2.05, 4.69) is 15.4 Å². The number of fused-ring (bicyclic) bond motifs is 1. The van der Waals surface area contributed by atoms with Crippen molar-refractivity contribution in [3.05, 3.63) is 22.2 Å². The highest BCUT2D eigenvalue weighted by Crippen LogP contribution is 2.12. The molecular weight excluding hydrogens is 134 g/mol. The minimum atomic E-state index is -0.144. The van der Waals surface area contributed by atoms with E-state index in [9.17, 15) is 4.79 Å². The number of aromatic amines is 1. The Morgan fingerprint density at radius 2 is 2.60 bits per heavy atom. The summed E-state index contributed by atoms with van der Waals surface area (Å²) in [7, 11) is 0. The van der Waals surface area contributed by atoms with E-state index in [1.807, 2.05) is 0 Å². The quantitative estimate of drug-likeness (QED) is 0.492. The Bertz CT molecular complexity index is 306. The lowest BCUT2D eigenvalue weighted by molar-refractivity contribution is 0.216. The van der Waals surface area contributed by atoms with Crippen LogP contribution >= 0.6 is 0 Å². The fraction of sp³-hybridized carbons (Fsp3) is 0.200. The lowest BCUT2D eigenvalue weighted by Gasteiger charge is -1.90. The lowest BCUT2D eigenvalue weighted by Crippen LogP contribution is -2.12. The first-order valence-electron chi connectivity index (χ1n) is 2.84.